The Morgan fingerprint density at radius 2 is 2.00 bits per heavy atom. The fourth-order valence-electron chi connectivity index (χ4n) is 2.15. The molecule has 116 valence electrons. The van der Waals surface area contributed by atoms with Gasteiger partial charge >= 0.3 is 0 Å². The normalized spacial score (nSPS) is 10.5. The van der Waals surface area contributed by atoms with Gasteiger partial charge in [-0.1, -0.05) is 12.1 Å². The van der Waals surface area contributed by atoms with E-state index >= 15 is 0 Å². The predicted molar refractivity (Wildman–Crippen MR) is 90.6 cm³/mol. The topological polar surface area (TPSA) is 64.0 Å². The van der Waals surface area contributed by atoms with Crippen molar-refractivity contribution in [2.45, 2.75) is 13.8 Å². The summed E-state index contributed by atoms with van der Waals surface area (Å²) in [6, 6.07) is 11.0. The second kappa shape index (κ2) is 6.18. The fourth-order valence-corrected chi connectivity index (χ4v) is 2.99. The van der Waals surface area contributed by atoms with E-state index in [2.05, 4.69) is 10.4 Å². The van der Waals surface area contributed by atoms with Crippen LogP contribution >= 0.6 is 11.3 Å². The number of hydrogen-bond acceptors (Lipinski definition) is 4. The number of carbonyl (C=O) groups is 2. The van der Waals surface area contributed by atoms with Crippen LogP contribution in [-0.4, -0.2) is 21.5 Å². The lowest BCUT2D eigenvalue weighted by Gasteiger charge is -2.10. The number of Topliss-reactive ketones (excluding diaryl/α,β-unsaturated/α-hetero) is 1. The second-order valence-corrected chi connectivity index (χ2v) is 6.04. The standard InChI is InChI=1S/C17H15N3O2S/c1-11-7-8-20(19-11)15-6-4-3-5-14(15)18-17(22)16-9-13(10-23-16)12(2)21/h3-10H,1-2H3,(H,18,22). The Balaban J connectivity index is 1.88. The Bertz CT molecular complexity index is 879. The summed E-state index contributed by atoms with van der Waals surface area (Å²) >= 11 is 1.26. The van der Waals surface area contributed by atoms with Crippen LogP contribution in [0.5, 0.6) is 0 Å². The van der Waals surface area contributed by atoms with E-state index in [-0.39, 0.29) is 11.7 Å². The first-order chi connectivity index (χ1) is 11.0. The van der Waals surface area contributed by atoms with Crippen molar-refractivity contribution in [3.8, 4) is 5.69 Å². The molecule has 6 heteroatoms. The molecule has 0 aliphatic carbocycles. The molecule has 3 rings (SSSR count). The fraction of sp³-hybridized carbons (Fsp3) is 0.118. The van der Waals surface area contributed by atoms with Crippen molar-refractivity contribution in [2.24, 2.45) is 0 Å². The number of ketones is 1. The molecule has 0 fully saturated rings. The number of aromatic nitrogens is 2. The number of benzene rings is 1. The van der Waals surface area contributed by atoms with Crippen molar-refractivity contribution in [1.82, 2.24) is 9.78 Å². The predicted octanol–water partition coefficient (Wildman–Crippen LogP) is 3.70. The molecule has 5 nitrogen and oxygen atoms in total. The van der Waals surface area contributed by atoms with Crippen LogP contribution in [0.15, 0.2) is 48.0 Å². The Kier molecular flexibility index (Phi) is 4.08. The third-order valence-corrected chi connectivity index (χ3v) is 4.28. The molecule has 23 heavy (non-hydrogen) atoms. The maximum absolute atomic E-state index is 12.4. The summed E-state index contributed by atoms with van der Waals surface area (Å²) in [4.78, 5) is 24.2. The van der Waals surface area contributed by atoms with Crippen LogP contribution in [0, 0.1) is 6.92 Å². The number of carbonyl (C=O) groups excluding carboxylic acids is 2. The van der Waals surface area contributed by atoms with Crippen LogP contribution in [-0.2, 0) is 0 Å². The summed E-state index contributed by atoms with van der Waals surface area (Å²) in [6.07, 6.45) is 1.85. The molecule has 0 atom stereocenters. The third kappa shape index (κ3) is 3.22. The number of thiophene rings is 1. The van der Waals surface area contributed by atoms with E-state index < -0.39 is 0 Å². The average Bonchev–Trinajstić information content (AvgIpc) is 3.17. The minimum absolute atomic E-state index is 0.0484. The van der Waals surface area contributed by atoms with Gasteiger partial charge < -0.3 is 5.32 Å². The van der Waals surface area contributed by atoms with Crippen LogP contribution in [0.2, 0.25) is 0 Å². The first-order valence-electron chi connectivity index (χ1n) is 7.07. The molecule has 0 unspecified atom stereocenters. The van der Waals surface area contributed by atoms with Crippen LogP contribution in [0.25, 0.3) is 5.69 Å². The molecule has 0 bridgehead atoms. The number of anilines is 1. The molecule has 3 aromatic rings. The van der Waals surface area contributed by atoms with Gasteiger partial charge in [0.1, 0.15) is 0 Å². The first kappa shape index (κ1) is 15.2. The molecule has 0 saturated carbocycles. The van der Waals surface area contributed by atoms with Gasteiger partial charge in [0.25, 0.3) is 5.91 Å². The highest BCUT2D eigenvalue weighted by Gasteiger charge is 2.14. The molecule has 1 N–H and O–H groups in total. The number of hydrogen-bond donors (Lipinski definition) is 1. The van der Waals surface area contributed by atoms with Crippen molar-refractivity contribution in [3.63, 3.8) is 0 Å². The molecule has 1 amide bonds. The molecular weight excluding hydrogens is 310 g/mol. The Hall–Kier alpha value is -2.73. The van der Waals surface area contributed by atoms with Crippen LogP contribution in [0.1, 0.15) is 32.6 Å². The van der Waals surface area contributed by atoms with Crippen LogP contribution in [0.4, 0.5) is 5.69 Å². The lowest BCUT2D eigenvalue weighted by Crippen LogP contribution is -2.12. The molecule has 0 spiro atoms. The average molecular weight is 325 g/mol. The van der Waals surface area contributed by atoms with Gasteiger partial charge in [0.05, 0.1) is 21.9 Å². The number of nitrogens with one attached hydrogen (secondary N) is 1. The summed E-state index contributed by atoms with van der Waals surface area (Å²) < 4.78 is 1.72. The van der Waals surface area contributed by atoms with Crippen molar-refractivity contribution < 1.29 is 9.59 Å². The summed E-state index contributed by atoms with van der Waals surface area (Å²) in [5.41, 5.74) is 2.90. The highest BCUT2D eigenvalue weighted by atomic mass is 32.1. The number of nitrogens with zero attached hydrogens (tertiary/aromatic N) is 2. The lowest BCUT2D eigenvalue weighted by atomic mass is 10.2. The quantitative estimate of drug-likeness (QED) is 0.744. The van der Waals surface area contributed by atoms with Gasteiger partial charge in [-0.2, -0.15) is 5.10 Å². The monoisotopic (exact) mass is 325 g/mol. The van der Waals surface area contributed by atoms with E-state index in [0.29, 0.717) is 16.1 Å². The van der Waals surface area contributed by atoms with Gasteiger partial charge in [-0.15, -0.1) is 11.3 Å². The van der Waals surface area contributed by atoms with E-state index in [1.807, 2.05) is 43.5 Å². The largest absolute Gasteiger partial charge is 0.319 e. The van der Waals surface area contributed by atoms with Gasteiger partial charge in [0, 0.05) is 17.1 Å². The Morgan fingerprint density at radius 3 is 2.65 bits per heavy atom. The van der Waals surface area contributed by atoms with Crippen molar-refractivity contribution in [2.75, 3.05) is 5.32 Å². The molecular formula is C17H15N3O2S. The maximum atomic E-state index is 12.4. The minimum atomic E-state index is -0.237. The molecule has 1 aromatic carbocycles. The van der Waals surface area contributed by atoms with E-state index in [1.165, 1.54) is 18.3 Å². The summed E-state index contributed by atoms with van der Waals surface area (Å²) in [5.74, 6) is -0.286. The number of amides is 1. The third-order valence-electron chi connectivity index (χ3n) is 3.35. The SMILES string of the molecule is CC(=O)c1csc(C(=O)Nc2ccccc2-n2ccc(C)n2)c1. The highest BCUT2D eigenvalue weighted by molar-refractivity contribution is 7.12. The summed E-state index contributed by atoms with van der Waals surface area (Å²) in [5, 5.41) is 8.95. The van der Waals surface area contributed by atoms with E-state index in [1.54, 1.807) is 16.1 Å². The van der Waals surface area contributed by atoms with Crippen molar-refractivity contribution in [3.05, 3.63) is 64.1 Å². The van der Waals surface area contributed by atoms with Gasteiger partial charge in [-0.25, -0.2) is 4.68 Å². The molecule has 0 saturated heterocycles. The molecule has 2 heterocycles. The molecule has 2 aromatic heterocycles. The van der Waals surface area contributed by atoms with Gasteiger partial charge in [-0.05, 0) is 38.1 Å². The molecule has 0 aliphatic rings. The van der Waals surface area contributed by atoms with Crippen LogP contribution < -0.4 is 5.32 Å². The van der Waals surface area contributed by atoms with E-state index in [0.717, 1.165) is 11.4 Å². The zero-order valence-electron chi connectivity index (χ0n) is 12.7. The first-order valence-corrected chi connectivity index (χ1v) is 7.95. The highest BCUT2D eigenvalue weighted by Crippen LogP contribution is 2.22. The number of para-hydroxylation sites is 2. The van der Waals surface area contributed by atoms with E-state index in [4.69, 9.17) is 0 Å². The Morgan fingerprint density at radius 1 is 1.22 bits per heavy atom. The lowest BCUT2D eigenvalue weighted by molar-refractivity contribution is 0.101. The molecule has 0 radical (unpaired) electrons. The van der Waals surface area contributed by atoms with Gasteiger partial charge in [-0.3, -0.25) is 9.59 Å². The zero-order chi connectivity index (χ0) is 16.4. The van der Waals surface area contributed by atoms with Gasteiger partial charge in [0.15, 0.2) is 5.78 Å². The van der Waals surface area contributed by atoms with Crippen LogP contribution in [0.3, 0.4) is 0 Å². The summed E-state index contributed by atoms with van der Waals surface area (Å²) in [6.45, 7) is 3.39. The smallest absolute Gasteiger partial charge is 0.265 e. The van der Waals surface area contributed by atoms with Crippen molar-refractivity contribution >= 4 is 28.7 Å². The second-order valence-electron chi connectivity index (χ2n) is 5.13. The number of aryl methyl sites for hydroxylation is 1. The van der Waals surface area contributed by atoms with Gasteiger partial charge in [0.2, 0.25) is 0 Å². The van der Waals surface area contributed by atoms with E-state index in [9.17, 15) is 9.59 Å². The molecule has 0 aliphatic heterocycles. The Labute approximate surface area is 137 Å². The summed E-state index contributed by atoms with van der Waals surface area (Å²) in [7, 11) is 0. The zero-order valence-corrected chi connectivity index (χ0v) is 13.6. The maximum Gasteiger partial charge on any atom is 0.265 e. The van der Waals surface area contributed by atoms with Crippen molar-refractivity contribution in [1.29, 1.82) is 0 Å². The minimum Gasteiger partial charge on any atom is -0.319 e. The number of rotatable bonds is 4.